The second-order valence-electron chi connectivity index (χ2n) is 6.46. The van der Waals surface area contributed by atoms with Gasteiger partial charge in [-0.3, -0.25) is 4.90 Å². The van der Waals surface area contributed by atoms with E-state index in [9.17, 15) is 0 Å². The second-order valence-corrected chi connectivity index (χ2v) is 6.46. The third-order valence-electron chi connectivity index (χ3n) is 4.77. The van der Waals surface area contributed by atoms with Gasteiger partial charge < -0.3 is 5.73 Å². The fourth-order valence-electron chi connectivity index (χ4n) is 3.48. The summed E-state index contributed by atoms with van der Waals surface area (Å²) < 4.78 is 0. The summed E-state index contributed by atoms with van der Waals surface area (Å²) in [4.78, 5) is 2.62. The van der Waals surface area contributed by atoms with Crippen molar-refractivity contribution < 1.29 is 0 Å². The van der Waals surface area contributed by atoms with Crippen molar-refractivity contribution in [3.05, 3.63) is 35.4 Å². The molecule has 1 aromatic rings. The second kappa shape index (κ2) is 7.24. The van der Waals surface area contributed by atoms with Crippen LogP contribution in [0.2, 0.25) is 0 Å². The fraction of sp³-hybridized carbons (Fsp3) is 0.667. The quantitative estimate of drug-likeness (QED) is 0.902. The van der Waals surface area contributed by atoms with E-state index in [0.717, 1.165) is 5.92 Å². The molecule has 2 N–H and O–H groups in total. The van der Waals surface area contributed by atoms with Crippen molar-refractivity contribution in [1.29, 1.82) is 0 Å². The Labute approximate surface area is 124 Å². The lowest BCUT2D eigenvalue weighted by molar-refractivity contribution is 0.181. The van der Waals surface area contributed by atoms with Gasteiger partial charge >= 0.3 is 0 Å². The summed E-state index contributed by atoms with van der Waals surface area (Å²) in [5.41, 5.74) is 9.01. The van der Waals surface area contributed by atoms with Gasteiger partial charge in [0.2, 0.25) is 0 Å². The molecule has 1 fully saturated rings. The topological polar surface area (TPSA) is 29.3 Å². The van der Waals surface area contributed by atoms with E-state index in [2.05, 4.69) is 49.9 Å². The largest absolute Gasteiger partial charge is 0.326 e. The Morgan fingerprint density at radius 1 is 1.20 bits per heavy atom. The van der Waals surface area contributed by atoms with Crippen LogP contribution in [0.5, 0.6) is 0 Å². The summed E-state index contributed by atoms with van der Waals surface area (Å²) in [5, 5.41) is 0. The van der Waals surface area contributed by atoms with Gasteiger partial charge in [0.15, 0.2) is 0 Å². The van der Waals surface area contributed by atoms with Crippen LogP contribution in [-0.2, 0) is 0 Å². The molecule has 0 aromatic heterocycles. The van der Waals surface area contributed by atoms with E-state index in [1.54, 1.807) is 0 Å². The first-order valence-corrected chi connectivity index (χ1v) is 8.18. The van der Waals surface area contributed by atoms with Crippen LogP contribution in [0.1, 0.15) is 56.7 Å². The van der Waals surface area contributed by atoms with E-state index in [0.29, 0.717) is 6.04 Å². The number of nitrogens with zero attached hydrogens (tertiary/aromatic N) is 1. The monoisotopic (exact) mass is 274 g/mol. The van der Waals surface area contributed by atoms with Crippen LogP contribution in [0.4, 0.5) is 0 Å². The van der Waals surface area contributed by atoms with Gasteiger partial charge in [-0.1, -0.05) is 43.2 Å². The van der Waals surface area contributed by atoms with Gasteiger partial charge in [0.25, 0.3) is 0 Å². The molecule has 0 bridgehead atoms. The van der Waals surface area contributed by atoms with Gasteiger partial charge in [-0.2, -0.15) is 0 Å². The maximum absolute atomic E-state index is 6.31. The van der Waals surface area contributed by atoms with Crippen molar-refractivity contribution in [2.45, 2.75) is 58.5 Å². The molecule has 0 radical (unpaired) electrons. The molecule has 112 valence electrons. The molecule has 2 nitrogen and oxygen atoms in total. The first-order valence-electron chi connectivity index (χ1n) is 8.18. The number of likely N-dealkylation sites (tertiary alicyclic amines) is 1. The minimum atomic E-state index is 0.177. The van der Waals surface area contributed by atoms with Gasteiger partial charge in [0, 0.05) is 12.1 Å². The van der Waals surface area contributed by atoms with Gasteiger partial charge in [0.05, 0.1) is 0 Å². The number of hydrogen-bond donors (Lipinski definition) is 1. The Bertz CT molecular complexity index is 396. The first kappa shape index (κ1) is 15.5. The Morgan fingerprint density at radius 3 is 2.50 bits per heavy atom. The van der Waals surface area contributed by atoms with Crippen LogP contribution in [0.25, 0.3) is 0 Å². The molecule has 0 amide bonds. The number of nitrogens with two attached hydrogens (primary N) is 1. The Balaban J connectivity index is 2.14. The molecule has 1 aliphatic heterocycles. The SMILES string of the molecule is CCC1CCCN(C(c2ccc(C)cc2)C(C)N)CC1. The Kier molecular flexibility index (Phi) is 5.62. The maximum Gasteiger partial charge on any atom is 0.0496 e. The van der Waals surface area contributed by atoms with E-state index in [1.165, 1.54) is 49.9 Å². The zero-order valence-corrected chi connectivity index (χ0v) is 13.3. The van der Waals surface area contributed by atoms with Gasteiger partial charge in [-0.15, -0.1) is 0 Å². The highest BCUT2D eigenvalue weighted by Gasteiger charge is 2.26. The van der Waals surface area contributed by atoms with Crippen LogP contribution < -0.4 is 5.73 Å². The average molecular weight is 274 g/mol. The molecule has 1 aromatic carbocycles. The van der Waals surface area contributed by atoms with Gasteiger partial charge in [0.1, 0.15) is 0 Å². The van der Waals surface area contributed by atoms with E-state index < -0.39 is 0 Å². The summed E-state index contributed by atoms with van der Waals surface area (Å²) in [5.74, 6) is 0.909. The van der Waals surface area contributed by atoms with Crippen molar-refractivity contribution in [2.75, 3.05) is 13.1 Å². The lowest BCUT2D eigenvalue weighted by Crippen LogP contribution is -2.40. The van der Waals surface area contributed by atoms with Crippen molar-refractivity contribution in [3.8, 4) is 0 Å². The number of rotatable bonds is 4. The smallest absolute Gasteiger partial charge is 0.0496 e. The van der Waals surface area contributed by atoms with Crippen molar-refractivity contribution >= 4 is 0 Å². The van der Waals surface area contributed by atoms with Crippen molar-refractivity contribution in [3.63, 3.8) is 0 Å². The molecule has 0 aliphatic carbocycles. The molecule has 0 spiro atoms. The highest BCUT2D eigenvalue weighted by Crippen LogP contribution is 2.29. The molecule has 0 saturated carbocycles. The molecule has 3 unspecified atom stereocenters. The summed E-state index contributed by atoms with van der Waals surface area (Å²) in [6.45, 7) is 8.99. The van der Waals surface area contributed by atoms with E-state index >= 15 is 0 Å². The average Bonchev–Trinajstić information content (AvgIpc) is 2.66. The highest BCUT2D eigenvalue weighted by molar-refractivity contribution is 5.25. The molecular formula is C18H30N2. The van der Waals surface area contributed by atoms with E-state index in [1.807, 2.05) is 0 Å². The normalized spacial score (nSPS) is 24.1. The van der Waals surface area contributed by atoms with Crippen LogP contribution in [0.3, 0.4) is 0 Å². The predicted octanol–water partition coefficient (Wildman–Crippen LogP) is 3.90. The highest BCUT2D eigenvalue weighted by atomic mass is 15.2. The molecular weight excluding hydrogens is 244 g/mol. The predicted molar refractivity (Wildman–Crippen MR) is 86.8 cm³/mol. The third kappa shape index (κ3) is 3.83. The zero-order chi connectivity index (χ0) is 14.5. The lowest BCUT2D eigenvalue weighted by Gasteiger charge is -2.34. The minimum Gasteiger partial charge on any atom is -0.326 e. The van der Waals surface area contributed by atoms with Crippen LogP contribution in [0.15, 0.2) is 24.3 Å². The number of aryl methyl sites for hydroxylation is 1. The van der Waals surface area contributed by atoms with Crippen molar-refractivity contribution in [1.82, 2.24) is 4.90 Å². The number of benzene rings is 1. The molecule has 20 heavy (non-hydrogen) atoms. The summed E-state index contributed by atoms with van der Waals surface area (Å²) >= 11 is 0. The Hall–Kier alpha value is -0.860. The van der Waals surface area contributed by atoms with E-state index in [4.69, 9.17) is 5.73 Å². The Morgan fingerprint density at radius 2 is 1.90 bits per heavy atom. The molecule has 2 heteroatoms. The maximum atomic E-state index is 6.31. The summed E-state index contributed by atoms with van der Waals surface area (Å²) in [6, 6.07) is 9.47. The summed E-state index contributed by atoms with van der Waals surface area (Å²) in [6.07, 6.45) is 5.34. The molecule has 1 aliphatic rings. The van der Waals surface area contributed by atoms with Gasteiger partial charge in [-0.25, -0.2) is 0 Å². The summed E-state index contributed by atoms with van der Waals surface area (Å²) in [7, 11) is 0. The zero-order valence-electron chi connectivity index (χ0n) is 13.3. The first-order chi connectivity index (χ1) is 9.61. The van der Waals surface area contributed by atoms with Crippen LogP contribution in [-0.4, -0.2) is 24.0 Å². The van der Waals surface area contributed by atoms with Crippen LogP contribution >= 0.6 is 0 Å². The molecule has 1 saturated heterocycles. The van der Waals surface area contributed by atoms with Gasteiger partial charge in [-0.05, 0) is 57.7 Å². The number of hydrogen-bond acceptors (Lipinski definition) is 2. The standard InChI is InChI=1S/C18H30N2/c1-4-16-6-5-12-20(13-11-16)18(15(3)19)17-9-7-14(2)8-10-17/h7-10,15-16,18H,4-6,11-13,19H2,1-3H3. The van der Waals surface area contributed by atoms with Crippen LogP contribution in [0, 0.1) is 12.8 Å². The van der Waals surface area contributed by atoms with Crippen molar-refractivity contribution in [2.24, 2.45) is 11.7 Å². The molecule has 1 heterocycles. The molecule has 2 rings (SSSR count). The lowest BCUT2D eigenvalue weighted by atomic mass is 9.97. The van der Waals surface area contributed by atoms with E-state index in [-0.39, 0.29) is 6.04 Å². The molecule has 3 atom stereocenters. The third-order valence-corrected chi connectivity index (χ3v) is 4.77. The minimum absolute atomic E-state index is 0.177. The fourth-order valence-corrected chi connectivity index (χ4v) is 3.48.